The van der Waals surface area contributed by atoms with E-state index in [2.05, 4.69) is 4.90 Å². The third-order valence-electron chi connectivity index (χ3n) is 7.18. The molecule has 0 aromatic heterocycles. The average molecular weight is 430 g/mol. The number of likely N-dealkylation sites (tertiary alicyclic amines) is 1. The highest BCUT2D eigenvalue weighted by Gasteiger charge is 2.44. The number of hydrogen-bond donors (Lipinski definition) is 0. The first-order valence-electron chi connectivity index (χ1n) is 11.6. The number of amides is 3. The number of piperidine rings is 1. The summed E-state index contributed by atoms with van der Waals surface area (Å²) >= 11 is 0. The van der Waals surface area contributed by atoms with Crippen molar-refractivity contribution < 1.29 is 18.8 Å². The number of imide groups is 1. The summed E-state index contributed by atoms with van der Waals surface area (Å²) in [6.45, 7) is 4.34. The second kappa shape index (κ2) is 9.47. The molecule has 3 amide bonds. The van der Waals surface area contributed by atoms with Gasteiger partial charge in [-0.2, -0.15) is 0 Å². The van der Waals surface area contributed by atoms with Crippen molar-refractivity contribution in [2.45, 2.75) is 51.4 Å². The molecule has 0 N–H and O–H groups in total. The van der Waals surface area contributed by atoms with Crippen molar-refractivity contribution in [2.24, 2.45) is 5.41 Å². The van der Waals surface area contributed by atoms with Crippen LogP contribution in [0, 0.1) is 11.2 Å². The molecule has 3 fully saturated rings. The third kappa shape index (κ3) is 5.14. The summed E-state index contributed by atoms with van der Waals surface area (Å²) in [6.07, 6.45) is 7.16. The Hall–Kier alpha value is -2.28. The number of piperazine rings is 1. The molecule has 2 saturated heterocycles. The summed E-state index contributed by atoms with van der Waals surface area (Å²) in [7, 11) is 0. The topological polar surface area (TPSA) is 60.9 Å². The van der Waals surface area contributed by atoms with Crippen LogP contribution in [0.15, 0.2) is 24.3 Å². The molecule has 1 aliphatic carbocycles. The molecular weight excluding hydrogens is 397 g/mol. The van der Waals surface area contributed by atoms with Crippen molar-refractivity contribution in [3.05, 3.63) is 35.6 Å². The highest BCUT2D eigenvalue weighted by atomic mass is 19.1. The van der Waals surface area contributed by atoms with Crippen molar-refractivity contribution in [1.82, 2.24) is 14.7 Å². The van der Waals surface area contributed by atoms with E-state index in [1.54, 1.807) is 0 Å². The van der Waals surface area contributed by atoms with E-state index in [0.717, 1.165) is 58.2 Å². The summed E-state index contributed by atoms with van der Waals surface area (Å²) in [4.78, 5) is 43.2. The maximum absolute atomic E-state index is 13.1. The molecule has 1 spiro atoms. The number of nitrogens with zero attached hydrogens (tertiary/aromatic N) is 3. The van der Waals surface area contributed by atoms with Crippen LogP contribution in [0.4, 0.5) is 4.39 Å². The molecule has 7 heteroatoms. The van der Waals surface area contributed by atoms with Gasteiger partial charge in [0, 0.05) is 51.1 Å². The van der Waals surface area contributed by atoms with Crippen LogP contribution < -0.4 is 0 Å². The Kier molecular flexibility index (Phi) is 6.70. The summed E-state index contributed by atoms with van der Waals surface area (Å²) < 4.78 is 13.1. The van der Waals surface area contributed by atoms with Gasteiger partial charge in [0.1, 0.15) is 5.82 Å². The van der Waals surface area contributed by atoms with E-state index < -0.39 is 0 Å². The molecule has 0 radical (unpaired) electrons. The molecule has 1 saturated carbocycles. The average Bonchev–Trinajstić information content (AvgIpc) is 3.20. The number of carbonyl (C=O) groups is 3. The predicted molar refractivity (Wildman–Crippen MR) is 115 cm³/mol. The maximum Gasteiger partial charge on any atom is 0.253 e. The third-order valence-corrected chi connectivity index (χ3v) is 7.18. The molecule has 0 unspecified atom stereocenters. The van der Waals surface area contributed by atoms with Crippen LogP contribution in [0.25, 0.3) is 0 Å². The lowest BCUT2D eigenvalue weighted by Gasteiger charge is -2.37. The number of rotatable bonds is 6. The molecule has 168 valence electrons. The minimum Gasteiger partial charge on any atom is -0.336 e. The molecule has 3 aliphatic rings. The minimum absolute atomic E-state index is 0.0195. The number of carbonyl (C=O) groups excluding carboxylic acids is 3. The van der Waals surface area contributed by atoms with E-state index in [1.165, 1.54) is 29.2 Å². The largest absolute Gasteiger partial charge is 0.336 e. The SMILES string of the molecule is O=C(c1ccc(F)cc1)N1CCN(CCCCN2C(=O)CC3(CCCC3)CC2=O)CC1. The first-order chi connectivity index (χ1) is 15.0. The van der Waals surface area contributed by atoms with Gasteiger partial charge in [-0.1, -0.05) is 12.8 Å². The van der Waals surface area contributed by atoms with E-state index in [-0.39, 0.29) is 29.0 Å². The van der Waals surface area contributed by atoms with Gasteiger partial charge in [-0.15, -0.1) is 0 Å². The molecular formula is C24H32FN3O3. The first-order valence-corrected chi connectivity index (χ1v) is 11.6. The van der Waals surface area contributed by atoms with Gasteiger partial charge < -0.3 is 4.90 Å². The van der Waals surface area contributed by atoms with Gasteiger partial charge in [-0.25, -0.2) is 4.39 Å². The number of halogens is 1. The monoisotopic (exact) mass is 429 g/mol. The molecule has 2 heterocycles. The molecule has 2 aliphatic heterocycles. The lowest BCUT2D eigenvalue weighted by molar-refractivity contribution is -0.153. The Morgan fingerprint density at radius 1 is 0.871 bits per heavy atom. The Morgan fingerprint density at radius 2 is 1.45 bits per heavy atom. The van der Waals surface area contributed by atoms with Crippen molar-refractivity contribution in [3.8, 4) is 0 Å². The lowest BCUT2D eigenvalue weighted by Crippen LogP contribution is -2.49. The molecule has 6 nitrogen and oxygen atoms in total. The molecule has 0 bridgehead atoms. The molecule has 1 aromatic carbocycles. The zero-order chi connectivity index (χ0) is 21.8. The fourth-order valence-electron chi connectivity index (χ4n) is 5.32. The molecule has 31 heavy (non-hydrogen) atoms. The summed E-state index contributed by atoms with van der Waals surface area (Å²) in [6, 6.07) is 5.69. The van der Waals surface area contributed by atoms with Crippen molar-refractivity contribution in [1.29, 1.82) is 0 Å². The van der Waals surface area contributed by atoms with E-state index in [4.69, 9.17) is 0 Å². The number of unbranched alkanes of at least 4 members (excludes halogenated alkanes) is 1. The van der Waals surface area contributed by atoms with E-state index in [1.807, 2.05) is 4.90 Å². The first kappa shape index (κ1) is 21.9. The Bertz CT molecular complexity index is 792. The van der Waals surface area contributed by atoms with Crippen LogP contribution in [-0.2, 0) is 9.59 Å². The quantitative estimate of drug-likeness (QED) is 0.515. The zero-order valence-corrected chi connectivity index (χ0v) is 18.2. The van der Waals surface area contributed by atoms with Crippen LogP contribution in [0.3, 0.4) is 0 Å². The van der Waals surface area contributed by atoms with E-state index >= 15 is 0 Å². The summed E-state index contributed by atoms with van der Waals surface area (Å²) in [5, 5.41) is 0. The van der Waals surface area contributed by atoms with Gasteiger partial charge in [-0.3, -0.25) is 24.2 Å². The molecule has 1 aromatic rings. The summed E-state index contributed by atoms with van der Waals surface area (Å²) in [5.74, 6) is -0.355. The maximum atomic E-state index is 13.1. The smallest absolute Gasteiger partial charge is 0.253 e. The fourth-order valence-corrected chi connectivity index (χ4v) is 5.32. The summed E-state index contributed by atoms with van der Waals surface area (Å²) in [5.41, 5.74) is 0.487. The fraction of sp³-hybridized carbons (Fsp3) is 0.625. The van der Waals surface area contributed by atoms with Crippen molar-refractivity contribution >= 4 is 17.7 Å². The lowest BCUT2D eigenvalue weighted by atomic mass is 9.76. The minimum atomic E-state index is -0.340. The van der Waals surface area contributed by atoms with Crippen molar-refractivity contribution in [3.63, 3.8) is 0 Å². The second-order valence-electron chi connectivity index (χ2n) is 9.35. The molecule has 4 rings (SSSR count). The normalized spacial score (nSPS) is 21.8. The van der Waals surface area contributed by atoms with Gasteiger partial charge in [-0.05, 0) is 61.9 Å². The van der Waals surface area contributed by atoms with E-state index in [0.29, 0.717) is 38.0 Å². The van der Waals surface area contributed by atoms with Crippen LogP contribution >= 0.6 is 0 Å². The number of hydrogen-bond acceptors (Lipinski definition) is 4. The van der Waals surface area contributed by atoms with Gasteiger partial charge in [0.15, 0.2) is 0 Å². The van der Waals surface area contributed by atoms with Crippen LogP contribution in [0.1, 0.15) is 61.7 Å². The highest BCUT2D eigenvalue weighted by Crippen LogP contribution is 2.46. The van der Waals surface area contributed by atoms with Gasteiger partial charge >= 0.3 is 0 Å². The Morgan fingerprint density at radius 3 is 2.06 bits per heavy atom. The zero-order valence-electron chi connectivity index (χ0n) is 18.2. The highest BCUT2D eigenvalue weighted by molar-refractivity contribution is 5.98. The molecule has 0 atom stereocenters. The van der Waals surface area contributed by atoms with Crippen molar-refractivity contribution in [2.75, 3.05) is 39.3 Å². The van der Waals surface area contributed by atoms with Gasteiger partial charge in [0.2, 0.25) is 11.8 Å². The standard InChI is InChI=1S/C24H32FN3O3/c25-20-7-5-19(6-8-20)23(31)27-15-13-26(14-16-27)11-3-4-12-28-21(29)17-24(18-22(28)30)9-1-2-10-24/h5-8H,1-4,9-18H2. The number of benzene rings is 1. The second-order valence-corrected chi connectivity index (χ2v) is 9.35. The predicted octanol–water partition coefficient (Wildman–Crippen LogP) is 3.07. The van der Waals surface area contributed by atoms with Crippen LogP contribution in [0.2, 0.25) is 0 Å². The Labute approximate surface area is 183 Å². The van der Waals surface area contributed by atoms with Crippen LogP contribution in [0.5, 0.6) is 0 Å². The Balaban J connectivity index is 1.15. The van der Waals surface area contributed by atoms with E-state index in [9.17, 15) is 18.8 Å². The van der Waals surface area contributed by atoms with Crippen LogP contribution in [-0.4, -0.2) is 71.7 Å². The van der Waals surface area contributed by atoms with Gasteiger partial charge in [0.05, 0.1) is 0 Å². The van der Waals surface area contributed by atoms with Gasteiger partial charge in [0.25, 0.3) is 5.91 Å².